The predicted molar refractivity (Wildman–Crippen MR) is 18.0 cm³/mol. The van der Waals surface area contributed by atoms with E-state index in [2.05, 4.69) is 15.4 Å². The zero-order valence-electron chi connectivity index (χ0n) is 2.84. The summed E-state index contributed by atoms with van der Waals surface area (Å²) >= 11 is 0. The number of hydrogen-bond acceptors (Lipinski definition) is 3. The van der Waals surface area contributed by atoms with Gasteiger partial charge in [-0.25, -0.2) is 0 Å². The van der Waals surface area contributed by atoms with Gasteiger partial charge in [-0.1, -0.05) is 0 Å². The second-order valence-corrected chi connectivity index (χ2v) is 0.837. The summed E-state index contributed by atoms with van der Waals surface area (Å²) in [6, 6.07) is 0. The second-order valence-electron chi connectivity index (χ2n) is 0.837. The number of nitrogens with zero attached hydrogens (tertiary/aromatic N) is 3. The average molecular weight is 69.1 g/mol. The van der Waals surface area contributed by atoms with Gasteiger partial charge in [0.1, 0.15) is 0 Å². The van der Waals surface area contributed by atoms with Crippen molar-refractivity contribution in [3.8, 4) is 0 Å². The van der Waals surface area contributed by atoms with Gasteiger partial charge in [-0.15, -0.1) is 10.2 Å². The molecule has 0 fully saturated rings. The van der Waals surface area contributed by atoms with E-state index in [9.17, 15) is 0 Å². The third-order valence-electron chi connectivity index (χ3n) is 0.379. The van der Waals surface area contributed by atoms with Crippen LogP contribution in [-0.4, -0.2) is 5.84 Å². The maximum absolute atomic E-state index is 3.44. The SMILES string of the molecule is CC1=NN=N1. The summed E-state index contributed by atoms with van der Waals surface area (Å²) < 4.78 is 0. The molecule has 1 heterocycles. The highest BCUT2D eigenvalue weighted by Gasteiger charge is 1.88. The van der Waals surface area contributed by atoms with Crippen LogP contribution >= 0.6 is 0 Å². The predicted octanol–water partition coefficient (Wildman–Crippen LogP) is 0.786. The maximum Gasteiger partial charge on any atom is 0.173 e. The Labute approximate surface area is 29.4 Å². The van der Waals surface area contributed by atoms with Crippen LogP contribution in [0.25, 0.3) is 0 Å². The monoisotopic (exact) mass is 69.0 g/mol. The molecular weight excluding hydrogens is 66.0 g/mol. The maximum atomic E-state index is 3.44. The second kappa shape index (κ2) is 0.607. The molecule has 0 bridgehead atoms. The fraction of sp³-hybridized carbons (Fsp3) is 0.500. The minimum atomic E-state index is 0.769. The molecule has 0 saturated heterocycles. The largest absolute Gasteiger partial charge is 0.173 e. The van der Waals surface area contributed by atoms with E-state index in [0.29, 0.717) is 0 Å². The zero-order valence-corrected chi connectivity index (χ0v) is 2.84. The number of hydrogen-bond donors (Lipinski definition) is 0. The molecule has 0 aliphatic carbocycles. The van der Waals surface area contributed by atoms with Crippen LogP contribution in [0.15, 0.2) is 15.4 Å². The van der Waals surface area contributed by atoms with Crippen LogP contribution in [-0.2, 0) is 0 Å². The molecule has 0 radical (unpaired) electrons. The molecule has 5 heavy (non-hydrogen) atoms. The number of rotatable bonds is 0. The lowest BCUT2D eigenvalue weighted by atomic mass is 10.7. The van der Waals surface area contributed by atoms with Crippen molar-refractivity contribution >= 4 is 5.84 Å². The molecule has 26 valence electrons. The van der Waals surface area contributed by atoms with Crippen molar-refractivity contribution in [1.29, 1.82) is 0 Å². The standard InChI is InChI=1S/C2H3N3/c1-2-3-5-4-2/h1H3. The first-order valence-corrected chi connectivity index (χ1v) is 1.35. The zero-order chi connectivity index (χ0) is 3.70. The Balaban J connectivity index is 2.60. The molecule has 3 heteroatoms. The summed E-state index contributed by atoms with van der Waals surface area (Å²) in [7, 11) is 0. The van der Waals surface area contributed by atoms with Gasteiger partial charge in [0.05, 0.1) is 0 Å². The summed E-state index contributed by atoms with van der Waals surface area (Å²) in [6.45, 7) is 1.80. The van der Waals surface area contributed by atoms with Gasteiger partial charge in [-0.2, -0.15) is 0 Å². The van der Waals surface area contributed by atoms with Crippen LogP contribution in [0, 0.1) is 0 Å². The molecule has 0 amide bonds. The van der Waals surface area contributed by atoms with Crippen molar-refractivity contribution in [2.45, 2.75) is 6.92 Å². The van der Waals surface area contributed by atoms with Crippen LogP contribution in [0.4, 0.5) is 0 Å². The lowest BCUT2D eigenvalue weighted by Crippen LogP contribution is -1.87. The minimum Gasteiger partial charge on any atom is -0.113 e. The van der Waals surface area contributed by atoms with Crippen LogP contribution in [0.3, 0.4) is 0 Å². The fourth-order valence-electron chi connectivity index (χ4n) is 0.134. The first-order chi connectivity index (χ1) is 2.39. The highest BCUT2D eigenvalue weighted by atomic mass is 15.5. The number of amidine groups is 1. The van der Waals surface area contributed by atoms with Gasteiger partial charge in [0.15, 0.2) is 5.84 Å². The molecule has 1 aliphatic rings. The van der Waals surface area contributed by atoms with E-state index in [1.54, 1.807) is 6.92 Å². The molecule has 0 spiro atoms. The van der Waals surface area contributed by atoms with Crippen molar-refractivity contribution in [2.24, 2.45) is 15.4 Å². The Morgan fingerprint density at radius 1 is 1.60 bits per heavy atom. The summed E-state index contributed by atoms with van der Waals surface area (Å²) in [5.41, 5.74) is 0. The molecule has 0 unspecified atom stereocenters. The van der Waals surface area contributed by atoms with Gasteiger partial charge < -0.3 is 0 Å². The highest BCUT2D eigenvalue weighted by Crippen LogP contribution is 1.92. The molecule has 1 aliphatic heterocycles. The van der Waals surface area contributed by atoms with E-state index < -0.39 is 0 Å². The molecule has 1 rings (SSSR count). The van der Waals surface area contributed by atoms with Crippen molar-refractivity contribution < 1.29 is 0 Å². The summed E-state index contributed by atoms with van der Waals surface area (Å²) in [4.78, 5) is 0. The molecule has 0 N–H and O–H groups in total. The van der Waals surface area contributed by atoms with E-state index in [1.165, 1.54) is 0 Å². The van der Waals surface area contributed by atoms with Gasteiger partial charge in [0.2, 0.25) is 0 Å². The average Bonchev–Trinajstić information content (AvgIpc) is 1.30. The molecule has 3 nitrogen and oxygen atoms in total. The highest BCUT2D eigenvalue weighted by molar-refractivity contribution is 5.81. The van der Waals surface area contributed by atoms with E-state index in [0.717, 1.165) is 5.84 Å². The fourth-order valence-corrected chi connectivity index (χ4v) is 0.134. The lowest BCUT2D eigenvalue weighted by molar-refractivity contribution is 0.982. The van der Waals surface area contributed by atoms with Gasteiger partial charge >= 0.3 is 0 Å². The van der Waals surface area contributed by atoms with Gasteiger partial charge in [-0.05, 0) is 12.1 Å². The minimum absolute atomic E-state index is 0.769. The van der Waals surface area contributed by atoms with Crippen molar-refractivity contribution in [2.75, 3.05) is 0 Å². The van der Waals surface area contributed by atoms with Crippen molar-refractivity contribution in [1.82, 2.24) is 0 Å². The Hall–Kier alpha value is -0.730. The Bertz CT molecular complexity index is 91.1. The van der Waals surface area contributed by atoms with Crippen LogP contribution in [0.5, 0.6) is 0 Å². The van der Waals surface area contributed by atoms with Gasteiger partial charge in [-0.3, -0.25) is 0 Å². The van der Waals surface area contributed by atoms with Crippen LogP contribution in [0.1, 0.15) is 6.92 Å². The van der Waals surface area contributed by atoms with E-state index in [4.69, 9.17) is 0 Å². The molecule has 0 aromatic carbocycles. The third kappa shape index (κ3) is 0.190. The smallest absolute Gasteiger partial charge is 0.113 e. The van der Waals surface area contributed by atoms with Crippen LogP contribution < -0.4 is 0 Å². The van der Waals surface area contributed by atoms with Crippen LogP contribution in [0.2, 0.25) is 0 Å². The summed E-state index contributed by atoms with van der Waals surface area (Å²) in [5, 5.41) is 10.1. The molecule has 0 aromatic rings. The molecule has 0 atom stereocenters. The summed E-state index contributed by atoms with van der Waals surface area (Å²) in [6.07, 6.45) is 0. The Morgan fingerprint density at radius 3 is 2.00 bits per heavy atom. The van der Waals surface area contributed by atoms with E-state index in [1.807, 2.05) is 0 Å². The van der Waals surface area contributed by atoms with E-state index >= 15 is 0 Å². The van der Waals surface area contributed by atoms with Gasteiger partial charge in [0, 0.05) is 0 Å². The van der Waals surface area contributed by atoms with E-state index in [-0.39, 0.29) is 0 Å². The molecular formula is C2H3N3. The summed E-state index contributed by atoms with van der Waals surface area (Å²) in [5.74, 6) is 0.769. The first-order valence-electron chi connectivity index (χ1n) is 1.35. The Kier molecular flexibility index (Phi) is 0.304. The van der Waals surface area contributed by atoms with Crippen molar-refractivity contribution in [3.05, 3.63) is 0 Å². The third-order valence-corrected chi connectivity index (χ3v) is 0.379. The normalized spacial score (nSPS) is 17.4. The van der Waals surface area contributed by atoms with Gasteiger partial charge in [0.25, 0.3) is 0 Å². The molecule has 0 saturated carbocycles. The Morgan fingerprint density at radius 2 is 2.00 bits per heavy atom. The molecule has 0 aromatic heterocycles. The van der Waals surface area contributed by atoms with Crippen molar-refractivity contribution in [3.63, 3.8) is 0 Å². The topological polar surface area (TPSA) is 37.1 Å². The first kappa shape index (κ1) is 2.50. The lowest BCUT2D eigenvalue weighted by Gasteiger charge is -1.87. The quantitative estimate of drug-likeness (QED) is 0.403.